The van der Waals surface area contributed by atoms with Crippen LogP contribution in [0.4, 0.5) is 4.79 Å². The minimum atomic E-state index is -0.638. The number of hydrogen-bond acceptors (Lipinski definition) is 4. The molecule has 1 N–H and O–H groups in total. The summed E-state index contributed by atoms with van der Waals surface area (Å²) >= 11 is 0. The van der Waals surface area contributed by atoms with E-state index in [1.165, 1.54) is 11.8 Å². The predicted octanol–water partition coefficient (Wildman–Crippen LogP) is 1.10. The van der Waals surface area contributed by atoms with Crippen molar-refractivity contribution in [3.8, 4) is 0 Å². The molecule has 1 heterocycles. The Morgan fingerprint density at radius 1 is 1.33 bits per heavy atom. The normalized spacial score (nSPS) is 18.2. The van der Waals surface area contributed by atoms with Crippen molar-refractivity contribution < 1.29 is 19.1 Å². The van der Waals surface area contributed by atoms with Crippen LogP contribution in [0.25, 0.3) is 0 Å². The molecule has 6 heteroatoms. The smallest absolute Gasteiger partial charge is 0.410 e. The Bertz CT molecular complexity index is 530. The lowest BCUT2D eigenvalue weighted by molar-refractivity contribution is -0.128. The first-order chi connectivity index (χ1) is 10.1. The number of benzene rings is 1. The number of ether oxygens (including phenoxy) is 1. The number of nitrogens with one attached hydrogen (secondary N) is 1. The average Bonchev–Trinajstić information content (AvgIpc) is 2.47. The van der Waals surface area contributed by atoms with E-state index < -0.39 is 12.1 Å². The van der Waals surface area contributed by atoms with Crippen molar-refractivity contribution in [1.29, 1.82) is 0 Å². The fourth-order valence-electron chi connectivity index (χ4n) is 2.18. The predicted molar refractivity (Wildman–Crippen MR) is 75.4 cm³/mol. The summed E-state index contributed by atoms with van der Waals surface area (Å²) in [7, 11) is 0. The second-order valence-corrected chi connectivity index (χ2v) is 4.96. The van der Waals surface area contributed by atoms with E-state index in [-0.39, 0.29) is 31.3 Å². The van der Waals surface area contributed by atoms with Crippen LogP contribution in [0.3, 0.4) is 0 Å². The molecule has 1 aromatic carbocycles. The van der Waals surface area contributed by atoms with Gasteiger partial charge in [-0.25, -0.2) is 4.79 Å². The number of ketones is 1. The van der Waals surface area contributed by atoms with E-state index in [4.69, 9.17) is 4.74 Å². The number of Topliss-reactive ketones (excluding diaryl/α,β-unsaturated/α-hetero) is 1. The molecule has 0 saturated carbocycles. The van der Waals surface area contributed by atoms with E-state index >= 15 is 0 Å². The number of likely N-dealkylation sites (tertiary alicyclic amines) is 1. The molecule has 21 heavy (non-hydrogen) atoms. The summed E-state index contributed by atoms with van der Waals surface area (Å²) < 4.78 is 5.22. The first kappa shape index (κ1) is 15.0. The molecule has 2 rings (SSSR count). The van der Waals surface area contributed by atoms with Crippen LogP contribution in [0.1, 0.15) is 18.9 Å². The molecule has 112 valence electrons. The molecule has 0 aliphatic carbocycles. The van der Waals surface area contributed by atoms with Crippen LogP contribution in [-0.4, -0.2) is 41.8 Å². The van der Waals surface area contributed by atoms with E-state index in [9.17, 15) is 14.4 Å². The zero-order chi connectivity index (χ0) is 15.2. The van der Waals surface area contributed by atoms with Gasteiger partial charge in [0.25, 0.3) is 0 Å². The van der Waals surface area contributed by atoms with Gasteiger partial charge in [0.15, 0.2) is 5.78 Å². The molecule has 0 spiro atoms. The fourth-order valence-corrected chi connectivity index (χ4v) is 2.18. The van der Waals surface area contributed by atoms with Gasteiger partial charge in [0, 0.05) is 19.9 Å². The lowest BCUT2D eigenvalue weighted by Gasteiger charge is -2.31. The average molecular weight is 290 g/mol. The van der Waals surface area contributed by atoms with Crippen molar-refractivity contribution in [2.45, 2.75) is 26.0 Å². The van der Waals surface area contributed by atoms with Gasteiger partial charge in [0.1, 0.15) is 12.6 Å². The van der Waals surface area contributed by atoms with Gasteiger partial charge in [-0.15, -0.1) is 0 Å². The molecule has 1 fully saturated rings. The standard InChI is InChI=1S/C15H18N2O4/c1-11(18)16-13-9-17(8-7-14(13)19)15(20)21-10-12-5-3-2-4-6-12/h2-6,13H,7-10H2,1H3,(H,16,18). The summed E-state index contributed by atoms with van der Waals surface area (Å²) in [6.07, 6.45) is -0.243. The van der Waals surface area contributed by atoms with E-state index in [0.717, 1.165) is 5.56 Å². The van der Waals surface area contributed by atoms with Gasteiger partial charge < -0.3 is 15.0 Å². The van der Waals surface area contributed by atoms with E-state index in [1.807, 2.05) is 30.3 Å². The highest BCUT2D eigenvalue weighted by atomic mass is 16.6. The molecule has 0 radical (unpaired) electrons. The summed E-state index contributed by atoms with van der Waals surface area (Å²) in [5.41, 5.74) is 0.900. The lowest BCUT2D eigenvalue weighted by Crippen LogP contribution is -2.54. The Morgan fingerprint density at radius 2 is 2.05 bits per heavy atom. The third-order valence-electron chi connectivity index (χ3n) is 3.26. The third-order valence-corrected chi connectivity index (χ3v) is 3.26. The molecule has 1 aliphatic heterocycles. The van der Waals surface area contributed by atoms with E-state index in [1.54, 1.807) is 0 Å². The zero-order valence-corrected chi connectivity index (χ0v) is 11.9. The Morgan fingerprint density at radius 3 is 2.71 bits per heavy atom. The van der Waals surface area contributed by atoms with Gasteiger partial charge in [-0.05, 0) is 5.56 Å². The van der Waals surface area contributed by atoms with Crippen molar-refractivity contribution in [2.75, 3.05) is 13.1 Å². The Hall–Kier alpha value is -2.37. The van der Waals surface area contributed by atoms with E-state index in [2.05, 4.69) is 5.32 Å². The van der Waals surface area contributed by atoms with Crippen LogP contribution in [0.2, 0.25) is 0 Å². The van der Waals surface area contributed by atoms with Gasteiger partial charge in [0.05, 0.1) is 6.54 Å². The maximum Gasteiger partial charge on any atom is 0.410 e. The number of carbonyl (C=O) groups excluding carboxylic acids is 3. The van der Waals surface area contributed by atoms with Gasteiger partial charge in [-0.1, -0.05) is 30.3 Å². The van der Waals surface area contributed by atoms with Crippen molar-refractivity contribution in [1.82, 2.24) is 10.2 Å². The molecule has 1 aromatic rings. The Labute approximate surface area is 123 Å². The molecular formula is C15H18N2O4. The van der Waals surface area contributed by atoms with Crippen LogP contribution in [0, 0.1) is 0 Å². The highest BCUT2D eigenvalue weighted by Crippen LogP contribution is 2.10. The van der Waals surface area contributed by atoms with Crippen LogP contribution in [0.5, 0.6) is 0 Å². The van der Waals surface area contributed by atoms with E-state index in [0.29, 0.717) is 6.54 Å². The van der Waals surface area contributed by atoms with Gasteiger partial charge >= 0.3 is 6.09 Å². The number of hydrogen-bond donors (Lipinski definition) is 1. The maximum absolute atomic E-state index is 12.0. The fraction of sp³-hybridized carbons (Fsp3) is 0.400. The van der Waals surface area contributed by atoms with Gasteiger partial charge in [-0.2, -0.15) is 0 Å². The Kier molecular flexibility index (Phi) is 4.92. The van der Waals surface area contributed by atoms with Crippen LogP contribution >= 0.6 is 0 Å². The van der Waals surface area contributed by atoms with Crippen LogP contribution < -0.4 is 5.32 Å². The van der Waals surface area contributed by atoms with Crippen LogP contribution in [-0.2, 0) is 20.9 Å². The summed E-state index contributed by atoms with van der Waals surface area (Å²) in [6, 6.07) is 8.73. The number of rotatable bonds is 3. The largest absolute Gasteiger partial charge is 0.445 e. The van der Waals surface area contributed by atoms with Gasteiger partial charge in [-0.3, -0.25) is 9.59 Å². The number of nitrogens with zero attached hydrogens (tertiary/aromatic N) is 1. The first-order valence-corrected chi connectivity index (χ1v) is 6.81. The number of amides is 2. The molecule has 0 aromatic heterocycles. The summed E-state index contributed by atoms with van der Waals surface area (Å²) in [5.74, 6) is -0.342. The minimum absolute atomic E-state index is 0.0580. The number of piperidine rings is 1. The molecule has 6 nitrogen and oxygen atoms in total. The molecule has 2 amide bonds. The highest BCUT2D eigenvalue weighted by Gasteiger charge is 2.30. The first-order valence-electron chi connectivity index (χ1n) is 6.81. The molecule has 1 saturated heterocycles. The van der Waals surface area contributed by atoms with Crippen molar-refractivity contribution in [2.24, 2.45) is 0 Å². The molecular weight excluding hydrogens is 272 g/mol. The Balaban J connectivity index is 1.87. The topological polar surface area (TPSA) is 75.7 Å². The third kappa shape index (κ3) is 4.30. The summed E-state index contributed by atoms with van der Waals surface area (Å²) in [4.78, 5) is 36.2. The van der Waals surface area contributed by atoms with Crippen molar-refractivity contribution in [3.63, 3.8) is 0 Å². The monoisotopic (exact) mass is 290 g/mol. The molecule has 1 atom stereocenters. The maximum atomic E-state index is 12.0. The summed E-state index contributed by atoms with van der Waals surface area (Å²) in [6.45, 7) is 2.02. The summed E-state index contributed by atoms with van der Waals surface area (Å²) in [5, 5.41) is 2.55. The molecule has 1 unspecified atom stereocenters. The molecule has 1 aliphatic rings. The van der Waals surface area contributed by atoms with Crippen molar-refractivity contribution >= 4 is 17.8 Å². The second-order valence-electron chi connectivity index (χ2n) is 4.96. The van der Waals surface area contributed by atoms with Crippen molar-refractivity contribution in [3.05, 3.63) is 35.9 Å². The quantitative estimate of drug-likeness (QED) is 0.904. The van der Waals surface area contributed by atoms with Gasteiger partial charge in [0.2, 0.25) is 5.91 Å². The highest BCUT2D eigenvalue weighted by molar-refractivity contribution is 5.90. The minimum Gasteiger partial charge on any atom is -0.445 e. The number of carbonyl (C=O) groups is 3. The lowest BCUT2D eigenvalue weighted by atomic mass is 10.0. The SMILES string of the molecule is CC(=O)NC1CN(C(=O)OCc2ccccc2)CCC1=O. The van der Waals surface area contributed by atoms with Crippen LogP contribution in [0.15, 0.2) is 30.3 Å². The molecule has 0 bridgehead atoms. The zero-order valence-electron chi connectivity index (χ0n) is 11.9. The second kappa shape index (κ2) is 6.88.